The van der Waals surface area contributed by atoms with Gasteiger partial charge in [-0.2, -0.15) is 0 Å². The Morgan fingerprint density at radius 3 is 2.33 bits per heavy atom. The summed E-state index contributed by atoms with van der Waals surface area (Å²) in [5.41, 5.74) is 0. The first-order valence-corrected chi connectivity index (χ1v) is 8.13. The van der Waals surface area contributed by atoms with Gasteiger partial charge in [0.25, 0.3) is 0 Å². The lowest BCUT2D eigenvalue weighted by Gasteiger charge is -2.49. The molecule has 0 radical (unpaired) electrons. The minimum Gasteiger partial charge on any atom is -0.334 e. The second-order valence-electron chi connectivity index (χ2n) is 7.00. The van der Waals surface area contributed by atoms with Crippen molar-refractivity contribution in [2.45, 2.75) is 52.7 Å². The van der Waals surface area contributed by atoms with E-state index < -0.39 is 0 Å². The van der Waals surface area contributed by atoms with Gasteiger partial charge in [0.15, 0.2) is 0 Å². The summed E-state index contributed by atoms with van der Waals surface area (Å²) < 4.78 is 0. The first-order chi connectivity index (χ1) is 9.75. The van der Waals surface area contributed by atoms with Gasteiger partial charge in [0.2, 0.25) is 5.91 Å². The van der Waals surface area contributed by atoms with Gasteiger partial charge in [-0.3, -0.25) is 9.69 Å². The Bertz CT molecular complexity index is 363. The molecule has 0 aromatic heterocycles. The zero-order valence-electron chi connectivity index (χ0n) is 14.8. The van der Waals surface area contributed by atoms with E-state index in [1.807, 2.05) is 25.1 Å². The largest absolute Gasteiger partial charge is 0.334 e. The number of hydrogen-bond acceptors (Lipinski definition) is 3. The van der Waals surface area contributed by atoms with E-state index in [0.29, 0.717) is 18.0 Å². The summed E-state index contributed by atoms with van der Waals surface area (Å²) in [6, 6.07) is 1.23. The van der Waals surface area contributed by atoms with E-state index in [0.717, 1.165) is 19.6 Å². The molecule has 1 aliphatic heterocycles. The van der Waals surface area contributed by atoms with E-state index in [9.17, 15) is 4.79 Å². The number of likely N-dealkylation sites (N-methyl/N-ethyl adjacent to an activating group) is 1. The fraction of sp³-hybridized carbons (Fsp3) is 0.824. The molecule has 1 heterocycles. The van der Waals surface area contributed by atoms with Gasteiger partial charge in [0, 0.05) is 43.8 Å². The minimum absolute atomic E-state index is 0.151. The summed E-state index contributed by atoms with van der Waals surface area (Å²) in [6.07, 6.45) is 3.69. The molecule has 0 aromatic rings. The number of carbonyl (C=O) groups is 1. The van der Waals surface area contributed by atoms with Crippen molar-refractivity contribution in [3.05, 3.63) is 12.2 Å². The Morgan fingerprint density at radius 1 is 1.24 bits per heavy atom. The van der Waals surface area contributed by atoms with Gasteiger partial charge in [-0.15, -0.1) is 0 Å². The molecular formula is C17H33N3O. The first kappa shape index (κ1) is 18.2. The third kappa shape index (κ3) is 4.82. The van der Waals surface area contributed by atoms with Crippen molar-refractivity contribution >= 4 is 5.91 Å². The van der Waals surface area contributed by atoms with E-state index in [2.05, 4.69) is 44.4 Å². The zero-order chi connectivity index (χ0) is 16.2. The summed E-state index contributed by atoms with van der Waals surface area (Å²) >= 11 is 0. The fourth-order valence-corrected chi connectivity index (χ4v) is 3.35. The summed E-state index contributed by atoms with van der Waals surface area (Å²) in [4.78, 5) is 19.1. The molecule has 4 heteroatoms. The SMILES string of the molecule is CC(C)C1C(C)N(C(=O)/C=C/CN(C)C)CCN1C(C)C. The number of amides is 1. The second kappa shape index (κ2) is 7.95. The Hall–Kier alpha value is -0.870. The molecule has 21 heavy (non-hydrogen) atoms. The van der Waals surface area contributed by atoms with Gasteiger partial charge >= 0.3 is 0 Å². The van der Waals surface area contributed by atoms with E-state index >= 15 is 0 Å². The van der Waals surface area contributed by atoms with Crippen molar-refractivity contribution in [2.24, 2.45) is 5.92 Å². The molecule has 1 amide bonds. The molecule has 0 aliphatic carbocycles. The molecule has 0 spiro atoms. The molecule has 1 fully saturated rings. The lowest BCUT2D eigenvalue weighted by Crippen LogP contribution is -2.63. The molecule has 4 nitrogen and oxygen atoms in total. The van der Waals surface area contributed by atoms with Crippen molar-refractivity contribution in [3.8, 4) is 0 Å². The predicted molar refractivity (Wildman–Crippen MR) is 89.3 cm³/mol. The van der Waals surface area contributed by atoms with Crippen LogP contribution in [-0.2, 0) is 4.79 Å². The second-order valence-corrected chi connectivity index (χ2v) is 7.00. The van der Waals surface area contributed by atoms with Crippen LogP contribution in [0.15, 0.2) is 12.2 Å². The summed E-state index contributed by atoms with van der Waals surface area (Å²) in [5.74, 6) is 0.696. The van der Waals surface area contributed by atoms with Crippen LogP contribution in [-0.4, -0.2) is 72.5 Å². The average molecular weight is 295 g/mol. The van der Waals surface area contributed by atoms with Crippen molar-refractivity contribution in [3.63, 3.8) is 0 Å². The van der Waals surface area contributed by atoms with Crippen LogP contribution in [0.2, 0.25) is 0 Å². The number of carbonyl (C=O) groups excluding carboxylic acids is 1. The van der Waals surface area contributed by atoms with Crippen LogP contribution >= 0.6 is 0 Å². The van der Waals surface area contributed by atoms with E-state index in [1.165, 1.54) is 0 Å². The van der Waals surface area contributed by atoms with E-state index in [4.69, 9.17) is 0 Å². The molecule has 0 aromatic carbocycles. The number of nitrogens with zero attached hydrogens (tertiary/aromatic N) is 3. The average Bonchev–Trinajstić information content (AvgIpc) is 2.36. The third-order valence-electron chi connectivity index (χ3n) is 4.33. The van der Waals surface area contributed by atoms with E-state index in [1.54, 1.807) is 6.08 Å². The summed E-state index contributed by atoms with van der Waals surface area (Å²) in [6.45, 7) is 13.8. The number of piperazine rings is 1. The molecule has 0 saturated carbocycles. The molecule has 2 atom stereocenters. The van der Waals surface area contributed by atoms with Gasteiger partial charge in [-0.1, -0.05) is 19.9 Å². The summed E-state index contributed by atoms with van der Waals surface area (Å²) in [5, 5.41) is 0. The Kier molecular flexibility index (Phi) is 6.88. The highest BCUT2D eigenvalue weighted by Gasteiger charge is 2.37. The third-order valence-corrected chi connectivity index (χ3v) is 4.33. The van der Waals surface area contributed by atoms with Crippen molar-refractivity contribution in [1.82, 2.24) is 14.7 Å². The fourth-order valence-electron chi connectivity index (χ4n) is 3.35. The van der Waals surface area contributed by atoms with Gasteiger partial charge in [-0.25, -0.2) is 0 Å². The maximum absolute atomic E-state index is 12.4. The topological polar surface area (TPSA) is 26.8 Å². The van der Waals surface area contributed by atoms with Crippen LogP contribution in [0.25, 0.3) is 0 Å². The van der Waals surface area contributed by atoms with Crippen molar-refractivity contribution in [2.75, 3.05) is 33.7 Å². The molecule has 122 valence electrons. The van der Waals surface area contributed by atoms with Crippen LogP contribution in [0, 0.1) is 5.92 Å². The van der Waals surface area contributed by atoms with Crippen molar-refractivity contribution < 1.29 is 4.79 Å². The molecule has 1 rings (SSSR count). The lowest BCUT2D eigenvalue weighted by molar-refractivity contribution is -0.134. The van der Waals surface area contributed by atoms with Gasteiger partial charge in [-0.05, 0) is 40.8 Å². The van der Waals surface area contributed by atoms with Gasteiger partial charge in [0.05, 0.1) is 0 Å². The van der Waals surface area contributed by atoms with E-state index in [-0.39, 0.29) is 11.9 Å². The highest BCUT2D eigenvalue weighted by Crippen LogP contribution is 2.25. The lowest BCUT2D eigenvalue weighted by atomic mass is 9.91. The maximum Gasteiger partial charge on any atom is 0.246 e. The predicted octanol–water partition coefficient (Wildman–Crippen LogP) is 2.07. The quantitative estimate of drug-likeness (QED) is 0.727. The van der Waals surface area contributed by atoms with Crippen LogP contribution in [0.5, 0.6) is 0 Å². The Labute approximate surface area is 130 Å². The molecular weight excluding hydrogens is 262 g/mol. The zero-order valence-corrected chi connectivity index (χ0v) is 14.8. The first-order valence-electron chi connectivity index (χ1n) is 8.13. The highest BCUT2D eigenvalue weighted by molar-refractivity contribution is 5.88. The molecule has 0 N–H and O–H groups in total. The van der Waals surface area contributed by atoms with Gasteiger partial charge < -0.3 is 9.80 Å². The number of rotatable bonds is 5. The maximum atomic E-state index is 12.4. The monoisotopic (exact) mass is 295 g/mol. The normalized spacial score (nSPS) is 24.8. The van der Waals surface area contributed by atoms with Crippen LogP contribution in [0.3, 0.4) is 0 Å². The molecule has 0 bridgehead atoms. The van der Waals surface area contributed by atoms with Crippen LogP contribution in [0.1, 0.15) is 34.6 Å². The van der Waals surface area contributed by atoms with Crippen molar-refractivity contribution in [1.29, 1.82) is 0 Å². The smallest absolute Gasteiger partial charge is 0.246 e. The number of hydrogen-bond donors (Lipinski definition) is 0. The Morgan fingerprint density at radius 2 is 1.86 bits per heavy atom. The van der Waals surface area contributed by atoms with Gasteiger partial charge in [0.1, 0.15) is 0 Å². The standard InChI is InChI=1S/C17H33N3O/c1-13(2)17-15(5)20(12-11-19(17)14(3)4)16(21)9-8-10-18(6)7/h8-9,13-15,17H,10-12H2,1-7H3/b9-8+. The highest BCUT2D eigenvalue weighted by atomic mass is 16.2. The van der Waals surface area contributed by atoms with Crippen LogP contribution < -0.4 is 0 Å². The van der Waals surface area contributed by atoms with Crippen LogP contribution in [0.4, 0.5) is 0 Å². The molecule has 1 aliphatic rings. The Balaban J connectivity index is 2.78. The minimum atomic E-state index is 0.151. The molecule has 1 saturated heterocycles. The summed E-state index contributed by atoms with van der Waals surface area (Å²) in [7, 11) is 4.02. The molecule has 2 unspecified atom stereocenters.